The van der Waals surface area contributed by atoms with E-state index in [1.165, 1.54) is 19.2 Å². The van der Waals surface area contributed by atoms with Crippen LogP contribution in [-0.4, -0.2) is 23.9 Å². The summed E-state index contributed by atoms with van der Waals surface area (Å²) in [7, 11) is -6.48. The van der Waals surface area contributed by atoms with Crippen molar-refractivity contribution in [3.05, 3.63) is 60.5 Å². The van der Waals surface area contributed by atoms with Crippen LogP contribution in [0.3, 0.4) is 0 Å². The Morgan fingerprint density at radius 2 is 1.70 bits per heavy atom. The van der Waals surface area contributed by atoms with Gasteiger partial charge in [-0.1, -0.05) is 24.8 Å². The van der Waals surface area contributed by atoms with Crippen molar-refractivity contribution in [1.29, 1.82) is 0 Å². The first-order valence-electron chi connectivity index (χ1n) is 6.43. The number of sulfonamides is 1. The van der Waals surface area contributed by atoms with E-state index >= 15 is 0 Å². The molecule has 1 N–H and O–H groups in total. The van der Waals surface area contributed by atoms with Gasteiger partial charge in [0.1, 0.15) is 10.6 Å². The van der Waals surface area contributed by atoms with Gasteiger partial charge in [-0.05, 0) is 30.3 Å². The van der Waals surface area contributed by atoms with Gasteiger partial charge in [0, 0.05) is 11.1 Å². The molecule has 2 aromatic carbocycles. The third kappa shape index (κ3) is 3.72. The molecular weight excluding hydrogens is 338 g/mol. The van der Waals surface area contributed by atoms with Crippen LogP contribution in [0.5, 0.6) is 5.75 Å². The Morgan fingerprint density at radius 1 is 1.04 bits per heavy atom. The largest absolute Gasteiger partial charge is 0.495 e. The van der Waals surface area contributed by atoms with Gasteiger partial charge in [-0.15, -0.1) is 0 Å². The number of methoxy groups -OCH3 is 1. The van der Waals surface area contributed by atoms with Crippen molar-refractivity contribution in [3.8, 4) is 5.75 Å². The van der Waals surface area contributed by atoms with E-state index in [0.29, 0.717) is 5.69 Å². The van der Waals surface area contributed by atoms with Crippen molar-refractivity contribution in [2.45, 2.75) is 9.79 Å². The Labute approximate surface area is 135 Å². The third-order valence-corrected chi connectivity index (χ3v) is 5.75. The number of benzene rings is 2. The molecule has 2 rings (SSSR count). The molecule has 0 aromatic heterocycles. The summed E-state index contributed by atoms with van der Waals surface area (Å²) >= 11 is 0. The van der Waals surface area contributed by atoms with E-state index in [0.717, 1.165) is 11.5 Å². The van der Waals surface area contributed by atoms with Crippen LogP contribution >= 0.6 is 0 Å². The molecule has 0 saturated carbocycles. The fraction of sp³-hybridized carbons (Fsp3) is 0.0667. The summed E-state index contributed by atoms with van der Waals surface area (Å²) in [6.07, 6.45) is 0. The molecule has 0 bridgehead atoms. The maximum absolute atomic E-state index is 12.5. The summed E-state index contributed by atoms with van der Waals surface area (Å²) < 4.78 is 56.2. The number of sulfone groups is 1. The van der Waals surface area contributed by atoms with Crippen LogP contribution in [0.4, 0.5) is 5.69 Å². The quantitative estimate of drug-likeness (QED) is 0.861. The minimum atomic E-state index is -4.02. The summed E-state index contributed by atoms with van der Waals surface area (Å²) in [5, 5.41) is 0.760. The van der Waals surface area contributed by atoms with Gasteiger partial charge >= 0.3 is 0 Å². The highest BCUT2D eigenvalue weighted by Gasteiger charge is 2.23. The lowest BCUT2D eigenvalue weighted by Gasteiger charge is -2.12. The molecule has 0 aliphatic rings. The van der Waals surface area contributed by atoms with Crippen molar-refractivity contribution >= 4 is 25.5 Å². The van der Waals surface area contributed by atoms with Gasteiger partial charge in [0.2, 0.25) is 0 Å². The van der Waals surface area contributed by atoms with Crippen LogP contribution in [0.15, 0.2) is 70.3 Å². The van der Waals surface area contributed by atoms with Crippen molar-refractivity contribution in [2.75, 3.05) is 11.8 Å². The molecule has 6 nitrogen and oxygen atoms in total. The molecule has 23 heavy (non-hydrogen) atoms. The number of hydrogen-bond donors (Lipinski definition) is 1. The summed E-state index contributed by atoms with van der Waals surface area (Å²) in [5.41, 5.74) is 0.353. The highest BCUT2D eigenvalue weighted by molar-refractivity contribution is 7.94. The number of hydrogen-bond acceptors (Lipinski definition) is 5. The Bertz CT molecular complexity index is 920. The molecule has 0 spiro atoms. The predicted octanol–water partition coefficient (Wildman–Crippen LogP) is 2.41. The van der Waals surface area contributed by atoms with Crippen LogP contribution in [0, 0.1) is 0 Å². The predicted molar refractivity (Wildman–Crippen MR) is 87.6 cm³/mol. The first-order chi connectivity index (χ1) is 10.8. The summed E-state index contributed by atoms with van der Waals surface area (Å²) in [6.45, 7) is 3.23. The molecule has 0 amide bonds. The first kappa shape index (κ1) is 17.0. The van der Waals surface area contributed by atoms with Gasteiger partial charge in [-0.25, -0.2) is 16.8 Å². The molecule has 0 aliphatic heterocycles. The normalized spacial score (nSPS) is 11.7. The number of anilines is 1. The van der Waals surface area contributed by atoms with Gasteiger partial charge in [-0.2, -0.15) is 0 Å². The van der Waals surface area contributed by atoms with Crippen molar-refractivity contribution in [2.24, 2.45) is 0 Å². The number of nitrogens with one attached hydrogen (secondary N) is 1. The zero-order chi connectivity index (χ0) is 17.1. The lowest BCUT2D eigenvalue weighted by molar-refractivity contribution is 0.402. The topological polar surface area (TPSA) is 89.5 Å². The molecule has 8 heteroatoms. The highest BCUT2D eigenvalue weighted by atomic mass is 32.2. The van der Waals surface area contributed by atoms with E-state index in [1.807, 2.05) is 0 Å². The van der Waals surface area contributed by atoms with Crippen LogP contribution in [0.25, 0.3) is 0 Å². The maximum atomic E-state index is 12.5. The van der Waals surface area contributed by atoms with Gasteiger partial charge in [-0.3, -0.25) is 4.72 Å². The molecular formula is C15H15NO5S2. The second-order valence-electron chi connectivity index (χ2n) is 4.50. The first-order valence-corrected chi connectivity index (χ1v) is 9.46. The average Bonchev–Trinajstić information content (AvgIpc) is 2.54. The van der Waals surface area contributed by atoms with Crippen molar-refractivity contribution < 1.29 is 21.6 Å². The lowest BCUT2D eigenvalue weighted by Crippen LogP contribution is -2.14. The molecule has 0 unspecified atom stereocenters. The Kier molecular flexibility index (Phi) is 4.76. The van der Waals surface area contributed by atoms with Gasteiger partial charge < -0.3 is 4.74 Å². The minimum absolute atomic E-state index is 0.0384. The van der Waals surface area contributed by atoms with Crippen LogP contribution in [0.2, 0.25) is 0 Å². The number of ether oxygens (including phenoxy) is 1. The Balaban J connectivity index is 2.56. The average molecular weight is 353 g/mol. The van der Waals surface area contributed by atoms with Crippen LogP contribution in [-0.2, 0) is 19.9 Å². The molecule has 0 radical (unpaired) electrons. The summed E-state index contributed by atoms with van der Waals surface area (Å²) in [4.78, 5) is -0.450. The number of para-hydroxylation sites is 1. The Hall–Kier alpha value is -2.32. The van der Waals surface area contributed by atoms with Crippen molar-refractivity contribution in [1.82, 2.24) is 0 Å². The second-order valence-corrected chi connectivity index (χ2v) is 8.04. The lowest BCUT2D eigenvalue weighted by atomic mass is 10.3. The summed E-state index contributed by atoms with van der Waals surface area (Å²) in [6, 6.07) is 11.8. The molecule has 0 aliphatic carbocycles. The van der Waals surface area contributed by atoms with E-state index in [2.05, 4.69) is 11.3 Å². The van der Waals surface area contributed by atoms with Crippen LogP contribution in [0.1, 0.15) is 0 Å². The second kappa shape index (κ2) is 6.43. The van der Waals surface area contributed by atoms with Gasteiger partial charge in [0.25, 0.3) is 10.0 Å². The van der Waals surface area contributed by atoms with Crippen molar-refractivity contribution in [3.63, 3.8) is 0 Å². The molecule has 0 fully saturated rings. The smallest absolute Gasteiger partial charge is 0.265 e. The zero-order valence-electron chi connectivity index (χ0n) is 12.3. The number of rotatable bonds is 6. The Morgan fingerprint density at radius 3 is 2.26 bits per heavy atom. The fourth-order valence-electron chi connectivity index (χ4n) is 1.86. The molecule has 0 heterocycles. The molecule has 2 aromatic rings. The van der Waals surface area contributed by atoms with Crippen LogP contribution < -0.4 is 9.46 Å². The SMILES string of the molecule is C=CS(=O)(=O)c1ccc(OC)c(S(=O)(=O)Nc2ccccc2)c1. The van der Waals surface area contributed by atoms with E-state index in [1.54, 1.807) is 30.3 Å². The van der Waals surface area contributed by atoms with Gasteiger partial charge in [0.15, 0.2) is 9.84 Å². The molecule has 0 saturated heterocycles. The maximum Gasteiger partial charge on any atom is 0.265 e. The minimum Gasteiger partial charge on any atom is -0.495 e. The standard InChI is InChI=1S/C15H15NO5S2/c1-3-22(17,18)13-9-10-14(21-2)15(11-13)23(19,20)16-12-7-5-4-6-8-12/h3-11,16H,1H2,2H3. The fourth-order valence-corrected chi connectivity index (χ4v) is 3.92. The van der Waals surface area contributed by atoms with Gasteiger partial charge in [0.05, 0.1) is 12.0 Å². The van der Waals surface area contributed by atoms with E-state index in [9.17, 15) is 16.8 Å². The van der Waals surface area contributed by atoms with E-state index < -0.39 is 19.9 Å². The monoisotopic (exact) mass is 353 g/mol. The van der Waals surface area contributed by atoms with E-state index in [-0.39, 0.29) is 15.5 Å². The highest BCUT2D eigenvalue weighted by Crippen LogP contribution is 2.29. The molecule has 122 valence electrons. The molecule has 0 atom stereocenters. The third-order valence-electron chi connectivity index (χ3n) is 3.00. The zero-order valence-corrected chi connectivity index (χ0v) is 13.9. The van der Waals surface area contributed by atoms with E-state index in [4.69, 9.17) is 4.74 Å². The summed E-state index contributed by atoms with van der Waals surface area (Å²) in [5.74, 6) is 0.0384.